The maximum Gasteiger partial charge on any atom is 0.119 e. The van der Waals surface area contributed by atoms with Crippen LogP contribution < -0.4 is 10.1 Å². The summed E-state index contributed by atoms with van der Waals surface area (Å²) in [7, 11) is 0. The molecule has 0 aromatic heterocycles. The molecule has 1 fully saturated rings. The fourth-order valence-corrected chi connectivity index (χ4v) is 1.85. The number of ether oxygens (including phenoxy) is 2. The number of para-hydroxylation sites is 1. The number of rotatable bonds is 5. The second-order valence-electron chi connectivity index (χ2n) is 3.98. The van der Waals surface area contributed by atoms with Crippen molar-refractivity contribution < 1.29 is 9.47 Å². The summed E-state index contributed by atoms with van der Waals surface area (Å²) in [5.74, 6) is 0.913. The van der Waals surface area contributed by atoms with Gasteiger partial charge in [0.2, 0.25) is 0 Å². The summed E-state index contributed by atoms with van der Waals surface area (Å²) in [6, 6.07) is 9.86. The molecule has 0 bridgehead atoms. The minimum Gasteiger partial charge on any atom is -0.491 e. The van der Waals surface area contributed by atoms with E-state index in [4.69, 9.17) is 9.47 Å². The molecular formula is C13H20ClNO2. The Balaban J connectivity index is 0.00000144. The van der Waals surface area contributed by atoms with Gasteiger partial charge in [0.25, 0.3) is 0 Å². The number of halogens is 1. The maximum atomic E-state index is 5.74. The first kappa shape index (κ1) is 14.3. The third-order valence-corrected chi connectivity index (χ3v) is 2.73. The van der Waals surface area contributed by atoms with E-state index in [2.05, 4.69) is 5.32 Å². The molecule has 1 aliphatic rings. The van der Waals surface area contributed by atoms with Gasteiger partial charge in [0.05, 0.1) is 12.7 Å². The second kappa shape index (κ2) is 8.34. The second-order valence-corrected chi connectivity index (χ2v) is 3.98. The van der Waals surface area contributed by atoms with Crippen LogP contribution in [0.25, 0.3) is 0 Å². The molecule has 0 spiro atoms. The van der Waals surface area contributed by atoms with E-state index in [0.29, 0.717) is 19.3 Å². The van der Waals surface area contributed by atoms with E-state index in [1.807, 2.05) is 30.3 Å². The molecule has 1 aliphatic heterocycles. The molecule has 3 nitrogen and oxygen atoms in total. The van der Waals surface area contributed by atoms with Gasteiger partial charge in [-0.15, -0.1) is 12.4 Å². The van der Waals surface area contributed by atoms with Crippen molar-refractivity contribution in [3.63, 3.8) is 0 Å². The largest absolute Gasteiger partial charge is 0.491 e. The Kier molecular flexibility index (Phi) is 7.01. The van der Waals surface area contributed by atoms with Gasteiger partial charge in [0.1, 0.15) is 12.4 Å². The van der Waals surface area contributed by atoms with Crippen molar-refractivity contribution in [1.29, 1.82) is 0 Å². The molecule has 1 saturated heterocycles. The van der Waals surface area contributed by atoms with Crippen molar-refractivity contribution in [2.75, 3.05) is 26.3 Å². The van der Waals surface area contributed by atoms with Gasteiger partial charge in [-0.3, -0.25) is 0 Å². The van der Waals surface area contributed by atoms with Crippen molar-refractivity contribution in [2.45, 2.75) is 18.9 Å². The summed E-state index contributed by atoms with van der Waals surface area (Å²) in [6.45, 7) is 3.46. The fraction of sp³-hybridized carbons (Fsp3) is 0.538. The third-order valence-electron chi connectivity index (χ3n) is 2.73. The molecular weight excluding hydrogens is 238 g/mol. The van der Waals surface area contributed by atoms with E-state index < -0.39 is 0 Å². The lowest BCUT2D eigenvalue weighted by molar-refractivity contribution is 0.0168. The summed E-state index contributed by atoms with van der Waals surface area (Å²) >= 11 is 0. The third kappa shape index (κ3) is 5.39. The van der Waals surface area contributed by atoms with Crippen molar-refractivity contribution >= 4 is 12.4 Å². The van der Waals surface area contributed by atoms with Gasteiger partial charge in [0.15, 0.2) is 0 Å². The molecule has 0 amide bonds. The van der Waals surface area contributed by atoms with Crippen LogP contribution in [-0.2, 0) is 4.74 Å². The first-order valence-electron chi connectivity index (χ1n) is 5.95. The molecule has 0 atom stereocenters. The summed E-state index contributed by atoms with van der Waals surface area (Å²) in [5.41, 5.74) is 0. The van der Waals surface area contributed by atoms with E-state index in [0.717, 1.165) is 31.7 Å². The van der Waals surface area contributed by atoms with E-state index in [1.54, 1.807) is 0 Å². The molecule has 0 unspecified atom stereocenters. The van der Waals surface area contributed by atoms with Gasteiger partial charge in [-0.25, -0.2) is 0 Å². The van der Waals surface area contributed by atoms with Crippen molar-refractivity contribution in [3.8, 4) is 5.75 Å². The maximum absolute atomic E-state index is 5.74. The highest BCUT2D eigenvalue weighted by molar-refractivity contribution is 5.85. The van der Waals surface area contributed by atoms with E-state index in [9.17, 15) is 0 Å². The molecule has 0 saturated carbocycles. The lowest BCUT2D eigenvalue weighted by Gasteiger charge is -2.22. The highest BCUT2D eigenvalue weighted by Crippen LogP contribution is 2.09. The number of hydrogen-bond acceptors (Lipinski definition) is 3. The molecule has 17 heavy (non-hydrogen) atoms. The van der Waals surface area contributed by atoms with Gasteiger partial charge in [0, 0.05) is 0 Å². The van der Waals surface area contributed by atoms with Crippen LogP contribution in [0.2, 0.25) is 0 Å². The highest BCUT2D eigenvalue weighted by Gasteiger charge is 2.12. The molecule has 1 N–H and O–H groups in total. The van der Waals surface area contributed by atoms with Crippen LogP contribution in [0.1, 0.15) is 12.8 Å². The summed E-state index contributed by atoms with van der Waals surface area (Å²) < 4.78 is 11.3. The van der Waals surface area contributed by atoms with Gasteiger partial charge in [-0.05, 0) is 38.1 Å². The minimum absolute atomic E-state index is 0. The van der Waals surface area contributed by atoms with Crippen LogP contribution >= 0.6 is 12.4 Å². The van der Waals surface area contributed by atoms with Crippen LogP contribution in [0.5, 0.6) is 5.75 Å². The minimum atomic E-state index is 0. The molecule has 1 aromatic rings. The van der Waals surface area contributed by atoms with Crippen molar-refractivity contribution in [1.82, 2.24) is 5.32 Å². The number of benzene rings is 1. The zero-order valence-electron chi connectivity index (χ0n) is 9.93. The molecule has 0 radical (unpaired) electrons. The van der Waals surface area contributed by atoms with Gasteiger partial charge in [-0.1, -0.05) is 18.2 Å². The topological polar surface area (TPSA) is 30.5 Å². The van der Waals surface area contributed by atoms with Crippen LogP contribution in [0.15, 0.2) is 30.3 Å². The van der Waals surface area contributed by atoms with Crippen LogP contribution in [0.4, 0.5) is 0 Å². The quantitative estimate of drug-likeness (QED) is 0.821. The molecule has 1 aromatic carbocycles. The average molecular weight is 258 g/mol. The highest BCUT2D eigenvalue weighted by atomic mass is 35.5. The predicted octanol–water partition coefficient (Wildman–Crippen LogP) is 2.26. The number of hydrogen-bond donors (Lipinski definition) is 1. The van der Waals surface area contributed by atoms with Gasteiger partial charge >= 0.3 is 0 Å². The first-order chi connectivity index (χ1) is 7.95. The van der Waals surface area contributed by atoms with E-state index in [-0.39, 0.29) is 12.4 Å². The number of nitrogens with one attached hydrogen (secondary N) is 1. The fourth-order valence-electron chi connectivity index (χ4n) is 1.85. The SMILES string of the molecule is Cl.c1ccc(OCCOC2CCNCC2)cc1. The molecule has 1 heterocycles. The molecule has 96 valence electrons. The first-order valence-corrected chi connectivity index (χ1v) is 5.95. The molecule has 2 rings (SSSR count). The lowest BCUT2D eigenvalue weighted by atomic mass is 10.1. The van der Waals surface area contributed by atoms with Gasteiger partial charge in [-0.2, -0.15) is 0 Å². The normalized spacial score (nSPS) is 16.2. The Morgan fingerprint density at radius 1 is 1.06 bits per heavy atom. The Bertz CT molecular complexity index is 289. The lowest BCUT2D eigenvalue weighted by Crippen LogP contribution is -2.33. The number of piperidine rings is 1. The smallest absolute Gasteiger partial charge is 0.119 e. The van der Waals surface area contributed by atoms with Gasteiger partial charge < -0.3 is 14.8 Å². The van der Waals surface area contributed by atoms with Crippen LogP contribution in [0, 0.1) is 0 Å². The van der Waals surface area contributed by atoms with E-state index in [1.165, 1.54) is 0 Å². The standard InChI is InChI=1S/C13H19NO2.ClH/c1-2-4-12(5-3-1)15-10-11-16-13-6-8-14-9-7-13;/h1-5,13-14H,6-11H2;1H. The average Bonchev–Trinajstić information content (AvgIpc) is 2.37. The monoisotopic (exact) mass is 257 g/mol. The van der Waals surface area contributed by atoms with Crippen LogP contribution in [0.3, 0.4) is 0 Å². The molecule has 0 aliphatic carbocycles. The summed E-state index contributed by atoms with van der Waals surface area (Å²) in [5, 5.41) is 3.32. The Morgan fingerprint density at radius 3 is 2.47 bits per heavy atom. The zero-order valence-corrected chi connectivity index (χ0v) is 10.7. The Morgan fingerprint density at radius 2 is 1.76 bits per heavy atom. The summed E-state index contributed by atoms with van der Waals surface area (Å²) in [4.78, 5) is 0. The summed E-state index contributed by atoms with van der Waals surface area (Å²) in [6.07, 6.45) is 2.65. The molecule has 4 heteroatoms. The predicted molar refractivity (Wildman–Crippen MR) is 71.0 cm³/mol. The Labute approximate surface area is 109 Å². The Hall–Kier alpha value is -0.770. The zero-order chi connectivity index (χ0) is 11.1. The van der Waals surface area contributed by atoms with E-state index >= 15 is 0 Å². The van der Waals surface area contributed by atoms with Crippen molar-refractivity contribution in [2.24, 2.45) is 0 Å². The van der Waals surface area contributed by atoms with Crippen molar-refractivity contribution in [3.05, 3.63) is 30.3 Å². The van der Waals surface area contributed by atoms with Crippen LogP contribution in [-0.4, -0.2) is 32.4 Å².